The summed E-state index contributed by atoms with van der Waals surface area (Å²) in [6.45, 7) is 4.27. The maximum Gasteiger partial charge on any atom is 0.224 e. The maximum atomic E-state index is 11.2. The molecule has 2 aliphatic rings. The fourth-order valence-corrected chi connectivity index (χ4v) is 2.01. The first-order valence-electron chi connectivity index (χ1n) is 5.07. The zero-order chi connectivity index (χ0) is 10.1. The van der Waals surface area contributed by atoms with E-state index >= 15 is 0 Å². The Balaban J connectivity index is 2.40. The Labute approximate surface area is 84.4 Å². The van der Waals surface area contributed by atoms with Gasteiger partial charge in [-0.1, -0.05) is 19.1 Å². The highest BCUT2D eigenvalue weighted by atomic mass is 16.1. The van der Waals surface area contributed by atoms with Crippen LogP contribution in [0.25, 0.3) is 0 Å². The second-order valence-corrected chi connectivity index (χ2v) is 4.01. The maximum absolute atomic E-state index is 11.2. The predicted molar refractivity (Wildman–Crippen MR) is 56.5 cm³/mol. The van der Waals surface area contributed by atoms with Gasteiger partial charge in [-0.05, 0) is 36.5 Å². The van der Waals surface area contributed by atoms with Gasteiger partial charge in [0.15, 0.2) is 0 Å². The number of amides is 1. The summed E-state index contributed by atoms with van der Waals surface area (Å²) in [5, 5.41) is 2.92. The van der Waals surface area contributed by atoms with E-state index in [0.29, 0.717) is 12.3 Å². The van der Waals surface area contributed by atoms with Crippen LogP contribution in [0.5, 0.6) is 0 Å². The molecule has 0 radical (unpaired) electrons. The van der Waals surface area contributed by atoms with Crippen molar-refractivity contribution < 1.29 is 4.79 Å². The Kier molecular flexibility index (Phi) is 2.28. The molecule has 14 heavy (non-hydrogen) atoms. The van der Waals surface area contributed by atoms with Gasteiger partial charge in [0, 0.05) is 12.1 Å². The summed E-state index contributed by atoms with van der Waals surface area (Å²) in [5.74, 6) is 0.591. The molecule has 0 saturated heterocycles. The molecule has 0 aromatic heterocycles. The molecule has 0 saturated carbocycles. The second kappa shape index (κ2) is 3.45. The number of rotatable bonds is 0. The van der Waals surface area contributed by atoms with Gasteiger partial charge in [-0.25, -0.2) is 0 Å². The smallest absolute Gasteiger partial charge is 0.224 e. The zero-order valence-electron chi connectivity index (χ0n) is 8.63. The highest BCUT2D eigenvalue weighted by Crippen LogP contribution is 2.27. The van der Waals surface area contributed by atoms with Gasteiger partial charge >= 0.3 is 0 Å². The van der Waals surface area contributed by atoms with Crippen molar-refractivity contribution in [3.05, 3.63) is 35.1 Å². The molecule has 0 aromatic carbocycles. The van der Waals surface area contributed by atoms with E-state index in [9.17, 15) is 4.79 Å². The van der Waals surface area contributed by atoms with Gasteiger partial charge in [-0.15, -0.1) is 0 Å². The van der Waals surface area contributed by atoms with E-state index in [1.807, 2.05) is 6.08 Å². The van der Waals surface area contributed by atoms with Gasteiger partial charge in [0.1, 0.15) is 0 Å². The summed E-state index contributed by atoms with van der Waals surface area (Å²) in [6, 6.07) is 0. The lowest BCUT2D eigenvalue weighted by Crippen LogP contribution is -2.27. The molecule has 0 aromatic rings. The second-order valence-electron chi connectivity index (χ2n) is 4.01. The van der Waals surface area contributed by atoms with Crippen molar-refractivity contribution in [2.45, 2.75) is 26.7 Å². The highest BCUT2D eigenvalue weighted by Gasteiger charge is 2.18. The van der Waals surface area contributed by atoms with Crippen molar-refractivity contribution in [2.75, 3.05) is 0 Å². The number of allylic oxidation sites excluding steroid dienone is 5. The minimum absolute atomic E-state index is 0.135. The van der Waals surface area contributed by atoms with E-state index < -0.39 is 0 Å². The van der Waals surface area contributed by atoms with E-state index in [2.05, 4.69) is 31.3 Å². The van der Waals surface area contributed by atoms with Crippen molar-refractivity contribution in [1.82, 2.24) is 5.32 Å². The number of carbonyl (C=O) groups is 1. The minimum atomic E-state index is 0.135. The van der Waals surface area contributed by atoms with Crippen LogP contribution in [0.1, 0.15) is 26.7 Å². The number of nitrogens with one attached hydrogen (secondary N) is 1. The van der Waals surface area contributed by atoms with Crippen molar-refractivity contribution >= 4 is 5.91 Å². The van der Waals surface area contributed by atoms with Gasteiger partial charge < -0.3 is 5.32 Å². The van der Waals surface area contributed by atoms with E-state index in [-0.39, 0.29) is 5.91 Å². The van der Waals surface area contributed by atoms with Gasteiger partial charge in [0.25, 0.3) is 0 Å². The first-order chi connectivity index (χ1) is 6.66. The molecule has 0 fully saturated rings. The lowest BCUT2D eigenvalue weighted by molar-refractivity contribution is -0.120. The third-order valence-corrected chi connectivity index (χ3v) is 2.76. The Bertz CT molecular complexity index is 361. The first-order valence-corrected chi connectivity index (χ1v) is 5.07. The number of hydrogen-bond acceptors (Lipinski definition) is 1. The quantitative estimate of drug-likeness (QED) is 0.622. The Morgan fingerprint density at radius 2 is 2.21 bits per heavy atom. The molecule has 1 heterocycles. The van der Waals surface area contributed by atoms with E-state index in [1.54, 1.807) is 0 Å². The summed E-state index contributed by atoms with van der Waals surface area (Å²) in [5.41, 5.74) is 3.60. The fraction of sp³-hybridized carbons (Fsp3) is 0.417. The van der Waals surface area contributed by atoms with Crippen molar-refractivity contribution in [1.29, 1.82) is 0 Å². The summed E-state index contributed by atoms with van der Waals surface area (Å²) >= 11 is 0. The molecule has 1 aliphatic heterocycles. The number of carbonyl (C=O) groups excluding carboxylic acids is 1. The molecular formula is C12H15NO. The van der Waals surface area contributed by atoms with Crippen LogP contribution < -0.4 is 5.32 Å². The Morgan fingerprint density at radius 1 is 1.43 bits per heavy atom. The topological polar surface area (TPSA) is 29.1 Å². The van der Waals surface area contributed by atoms with Crippen LogP contribution in [0.4, 0.5) is 0 Å². The van der Waals surface area contributed by atoms with Crippen molar-refractivity contribution in [2.24, 2.45) is 5.92 Å². The van der Waals surface area contributed by atoms with E-state index in [1.165, 1.54) is 11.1 Å². The number of hydrogen-bond donors (Lipinski definition) is 1. The first kappa shape index (κ1) is 9.25. The van der Waals surface area contributed by atoms with Crippen LogP contribution in [-0.4, -0.2) is 5.91 Å². The molecule has 1 aliphatic carbocycles. The van der Waals surface area contributed by atoms with Gasteiger partial charge in [-0.2, -0.15) is 0 Å². The minimum Gasteiger partial charge on any atom is -0.326 e. The van der Waals surface area contributed by atoms with Gasteiger partial charge in [0.05, 0.1) is 0 Å². The fourth-order valence-electron chi connectivity index (χ4n) is 2.01. The molecule has 2 nitrogen and oxygen atoms in total. The molecule has 1 unspecified atom stereocenters. The van der Waals surface area contributed by atoms with Crippen LogP contribution in [0.2, 0.25) is 0 Å². The van der Waals surface area contributed by atoms with Crippen LogP contribution in [0.15, 0.2) is 35.1 Å². The molecular weight excluding hydrogens is 174 g/mol. The van der Waals surface area contributed by atoms with Crippen molar-refractivity contribution in [3.8, 4) is 0 Å². The standard InChI is InChI=1S/C12H15NO/c1-8-3-5-11-10(9(2)7-8)4-6-12(14)13-11/h3,5,7-8H,4,6H2,1-2H3,(H,13,14). The van der Waals surface area contributed by atoms with Crippen LogP contribution in [0, 0.1) is 5.92 Å². The Hall–Kier alpha value is -1.31. The molecule has 2 rings (SSSR count). The molecule has 1 atom stereocenters. The third kappa shape index (κ3) is 1.65. The molecule has 0 bridgehead atoms. The third-order valence-electron chi connectivity index (χ3n) is 2.76. The highest BCUT2D eigenvalue weighted by molar-refractivity contribution is 5.81. The average Bonchev–Trinajstić information content (AvgIpc) is 2.26. The lowest BCUT2D eigenvalue weighted by atomic mass is 9.96. The normalized spacial score (nSPS) is 26.6. The largest absolute Gasteiger partial charge is 0.326 e. The van der Waals surface area contributed by atoms with Gasteiger partial charge in [0.2, 0.25) is 5.91 Å². The SMILES string of the molecule is CC1=CC(C)C=CC2=C1CCC(=O)N2. The molecule has 1 amide bonds. The molecule has 0 spiro atoms. The van der Waals surface area contributed by atoms with Crippen molar-refractivity contribution in [3.63, 3.8) is 0 Å². The summed E-state index contributed by atoms with van der Waals surface area (Å²) in [4.78, 5) is 11.2. The summed E-state index contributed by atoms with van der Waals surface area (Å²) in [7, 11) is 0. The van der Waals surface area contributed by atoms with Crippen LogP contribution in [-0.2, 0) is 4.79 Å². The van der Waals surface area contributed by atoms with E-state index in [0.717, 1.165) is 12.1 Å². The van der Waals surface area contributed by atoms with E-state index in [4.69, 9.17) is 0 Å². The monoisotopic (exact) mass is 189 g/mol. The lowest BCUT2D eigenvalue weighted by Gasteiger charge is -2.18. The molecule has 74 valence electrons. The van der Waals surface area contributed by atoms with Gasteiger partial charge in [-0.3, -0.25) is 4.79 Å². The van der Waals surface area contributed by atoms with Crippen LogP contribution >= 0.6 is 0 Å². The Morgan fingerprint density at radius 3 is 3.00 bits per heavy atom. The predicted octanol–water partition coefficient (Wildman–Crippen LogP) is 2.30. The summed E-state index contributed by atoms with van der Waals surface area (Å²) in [6.07, 6.45) is 7.89. The summed E-state index contributed by atoms with van der Waals surface area (Å²) < 4.78 is 0. The molecule has 2 heteroatoms. The molecule has 1 N–H and O–H groups in total. The zero-order valence-corrected chi connectivity index (χ0v) is 8.63. The van der Waals surface area contributed by atoms with Crippen LogP contribution in [0.3, 0.4) is 0 Å². The average molecular weight is 189 g/mol.